The number of halogens is 1. The minimum absolute atomic E-state index is 0.0724. The lowest BCUT2D eigenvalue weighted by Crippen LogP contribution is -2.23. The van der Waals surface area contributed by atoms with Gasteiger partial charge in [-0.3, -0.25) is 0 Å². The first-order valence-electron chi connectivity index (χ1n) is 7.12. The molecule has 0 saturated heterocycles. The van der Waals surface area contributed by atoms with Crippen LogP contribution in [0.2, 0.25) is 5.15 Å². The Hall–Kier alpha value is -1.80. The summed E-state index contributed by atoms with van der Waals surface area (Å²) in [5.41, 5.74) is 4.55. The van der Waals surface area contributed by atoms with E-state index in [1.807, 2.05) is 12.1 Å². The standard InChI is InChI=1S/C18H19ClN2/c1-12-7-5-6-8-14(12)15-11-13-9-10-16(19)20-17(13)21(15)18(2,3)4/h5-11H,1-4H3. The smallest absolute Gasteiger partial charge is 0.142 e. The SMILES string of the molecule is Cc1ccccc1-c1cc2ccc(Cl)nc2n1C(C)(C)C. The highest BCUT2D eigenvalue weighted by Gasteiger charge is 2.22. The van der Waals surface area contributed by atoms with E-state index >= 15 is 0 Å². The molecule has 0 N–H and O–H groups in total. The van der Waals surface area contributed by atoms with Crippen molar-refractivity contribution in [2.24, 2.45) is 0 Å². The number of hydrogen-bond donors (Lipinski definition) is 0. The van der Waals surface area contributed by atoms with Gasteiger partial charge in [0.1, 0.15) is 10.8 Å². The second-order valence-electron chi connectivity index (χ2n) is 6.40. The van der Waals surface area contributed by atoms with Crippen LogP contribution in [0.3, 0.4) is 0 Å². The van der Waals surface area contributed by atoms with Gasteiger partial charge in [0.15, 0.2) is 0 Å². The van der Waals surface area contributed by atoms with Gasteiger partial charge in [-0.15, -0.1) is 0 Å². The largest absolute Gasteiger partial charge is 0.320 e. The van der Waals surface area contributed by atoms with E-state index in [2.05, 4.69) is 67.6 Å². The summed E-state index contributed by atoms with van der Waals surface area (Å²) in [5, 5.41) is 1.65. The van der Waals surface area contributed by atoms with Gasteiger partial charge in [-0.2, -0.15) is 0 Å². The van der Waals surface area contributed by atoms with Crippen molar-refractivity contribution in [1.29, 1.82) is 0 Å². The topological polar surface area (TPSA) is 17.8 Å². The summed E-state index contributed by atoms with van der Waals surface area (Å²) in [6.45, 7) is 8.71. The number of aryl methyl sites for hydroxylation is 1. The van der Waals surface area contributed by atoms with Crippen molar-refractivity contribution in [3.8, 4) is 11.3 Å². The van der Waals surface area contributed by atoms with Gasteiger partial charge in [-0.1, -0.05) is 35.9 Å². The highest BCUT2D eigenvalue weighted by Crippen LogP contribution is 2.34. The molecule has 0 aliphatic carbocycles. The Labute approximate surface area is 130 Å². The van der Waals surface area contributed by atoms with Crippen molar-refractivity contribution in [1.82, 2.24) is 9.55 Å². The van der Waals surface area contributed by atoms with E-state index < -0.39 is 0 Å². The number of benzene rings is 1. The molecule has 0 aliphatic rings. The normalized spacial score (nSPS) is 12.0. The van der Waals surface area contributed by atoms with Gasteiger partial charge in [-0.25, -0.2) is 4.98 Å². The molecule has 0 unspecified atom stereocenters. The molecule has 0 spiro atoms. The molecule has 0 fully saturated rings. The van der Waals surface area contributed by atoms with Gasteiger partial charge in [0.05, 0.1) is 5.69 Å². The van der Waals surface area contributed by atoms with Gasteiger partial charge in [0.2, 0.25) is 0 Å². The molecule has 1 aromatic carbocycles. The highest BCUT2D eigenvalue weighted by molar-refractivity contribution is 6.29. The Morgan fingerprint density at radius 3 is 2.43 bits per heavy atom. The van der Waals surface area contributed by atoms with E-state index in [-0.39, 0.29) is 5.54 Å². The van der Waals surface area contributed by atoms with Gasteiger partial charge in [-0.05, 0) is 51.5 Å². The summed E-state index contributed by atoms with van der Waals surface area (Å²) >= 11 is 6.10. The lowest BCUT2D eigenvalue weighted by Gasteiger charge is -2.26. The third-order valence-electron chi connectivity index (χ3n) is 3.71. The van der Waals surface area contributed by atoms with Crippen LogP contribution in [0.25, 0.3) is 22.3 Å². The third kappa shape index (κ3) is 2.44. The monoisotopic (exact) mass is 298 g/mol. The quantitative estimate of drug-likeness (QED) is 0.548. The zero-order valence-corrected chi connectivity index (χ0v) is 13.6. The Balaban J connectivity index is 2.40. The summed E-state index contributed by atoms with van der Waals surface area (Å²) in [4.78, 5) is 4.55. The summed E-state index contributed by atoms with van der Waals surface area (Å²) in [7, 11) is 0. The number of rotatable bonds is 1. The van der Waals surface area contributed by atoms with Crippen molar-refractivity contribution in [2.45, 2.75) is 33.2 Å². The molecule has 2 heterocycles. The number of fused-ring (bicyclic) bond motifs is 1. The summed E-state index contributed by atoms with van der Waals surface area (Å²) < 4.78 is 2.27. The third-order valence-corrected chi connectivity index (χ3v) is 3.92. The number of hydrogen-bond acceptors (Lipinski definition) is 1. The molecular weight excluding hydrogens is 280 g/mol. The summed E-state index contributed by atoms with van der Waals surface area (Å²) in [6, 6.07) is 14.5. The van der Waals surface area contributed by atoms with Crippen LogP contribution in [0.1, 0.15) is 26.3 Å². The van der Waals surface area contributed by atoms with E-state index in [9.17, 15) is 0 Å². The van der Waals surface area contributed by atoms with Gasteiger partial charge >= 0.3 is 0 Å². The number of pyridine rings is 1. The fraction of sp³-hybridized carbons (Fsp3) is 0.278. The molecule has 0 amide bonds. The first-order valence-corrected chi connectivity index (χ1v) is 7.50. The van der Waals surface area contributed by atoms with Crippen LogP contribution in [-0.4, -0.2) is 9.55 Å². The van der Waals surface area contributed by atoms with Crippen molar-refractivity contribution >= 4 is 22.6 Å². The average Bonchev–Trinajstić information content (AvgIpc) is 2.77. The van der Waals surface area contributed by atoms with E-state index in [1.54, 1.807) is 0 Å². The highest BCUT2D eigenvalue weighted by atomic mass is 35.5. The molecule has 3 aromatic rings. The maximum atomic E-state index is 6.10. The fourth-order valence-electron chi connectivity index (χ4n) is 2.79. The lowest BCUT2D eigenvalue weighted by atomic mass is 10.0. The number of aromatic nitrogens is 2. The molecule has 21 heavy (non-hydrogen) atoms. The molecule has 0 saturated carbocycles. The zero-order chi connectivity index (χ0) is 15.2. The molecule has 2 aromatic heterocycles. The maximum Gasteiger partial charge on any atom is 0.142 e. The second kappa shape index (κ2) is 4.88. The Morgan fingerprint density at radius 1 is 1.05 bits per heavy atom. The van der Waals surface area contributed by atoms with Crippen molar-refractivity contribution in [3.05, 3.63) is 53.2 Å². The van der Waals surface area contributed by atoms with Crippen LogP contribution in [0, 0.1) is 6.92 Å². The Bertz CT molecular complexity index is 810. The van der Waals surface area contributed by atoms with E-state index in [4.69, 9.17) is 11.6 Å². The first-order chi connectivity index (χ1) is 9.88. The fourth-order valence-corrected chi connectivity index (χ4v) is 2.93. The average molecular weight is 299 g/mol. The molecule has 3 rings (SSSR count). The van der Waals surface area contributed by atoms with Crippen LogP contribution >= 0.6 is 11.6 Å². The molecule has 0 radical (unpaired) electrons. The summed E-state index contributed by atoms with van der Waals surface area (Å²) in [6.07, 6.45) is 0. The van der Waals surface area contributed by atoms with E-state index in [0.717, 1.165) is 11.0 Å². The molecule has 0 bridgehead atoms. The van der Waals surface area contributed by atoms with Crippen molar-refractivity contribution in [3.63, 3.8) is 0 Å². The number of nitrogens with zero attached hydrogens (tertiary/aromatic N) is 2. The molecular formula is C18H19ClN2. The Morgan fingerprint density at radius 2 is 1.76 bits per heavy atom. The second-order valence-corrected chi connectivity index (χ2v) is 6.78. The molecule has 0 atom stereocenters. The van der Waals surface area contributed by atoms with Gasteiger partial charge < -0.3 is 4.57 Å². The lowest BCUT2D eigenvalue weighted by molar-refractivity contribution is 0.413. The van der Waals surface area contributed by atoms with Crippen LogP contribution in [0.15, 0.2) is 42.5 Å². The Kier molecular flexibility index (Phi) is 3.29. The molecule has 3 heteroatoms. The van der Waals surface area contributed by atoms with Crippen LogP contribution in [0.5, 0.6) is 0 Å². The molecule has 0 aliphatic heterocycles. The predicted molar refractivity (Wildman–Crippen MR) is 89.9 cm³/mol. The molecule has 2 nitrogen and oxygen atoms in total. The van der Waals surface area contributed by atoms with E-state index in [0.29, 0.717) is 5.15 Å². The van der Waals surface area contributed by atoms with Crippen LogP contribution in [-0.2, 0) is 5.54 Å². The van der Waals surface area contributed by atoms with Gasteiger partial charge in [0, 0.05) is 16.5 Å². The van der Waals surface area contributed by atoms with Gasteiger partial charge in [0.25, 0.3) is 0 Å². The van der Waals surface area contributed by atoms with E-state index in [1.165, 1.54) is 16.8 Å². The maximum absolute atomic E-state index is 6.10. The molecule has 108 valence electrons. The van der Waals surface area contributed by atoms with Crippen LogP contribution < -0.4 is 0 Å². The van der Waals surface area contributed by atoms with Crippen molar-refractivity contribution < 1.29 is 0 Å². The predicted octanol–water partition coefficient (Wildman–Crippen LogP) is 5.42. The minimum Gasteiger partial charge on any atom is -0.320 e. The minimum atomic E-state index is -0.0724. The first kappa shape index (κ1) is 14.2. The summed E-state index contributed by atoms with van der Waals surface area (Å²) in [5.74, 6) is 0. The van der Waals surface area contributed by atoms with Crippen LogP contribution in [0.4, 0.5) is 0 Å². The van der Waals surface area contributed by atoms with Crippen molar-refractivity contribution in [2.75, 3.05) is 0 Å². The zero-order valence-electron chi connectivity index (χ0n) is 12.8.